The number of carbonyl (C=O) groups excluding carboxylic acids is 1. The second-order valence-electron chi connectivity index (χ2n) is 6.53. The molecule has 7 nitrogen and oxygen atoms in total. The highest BCUT2D eigenvalue weighted by molar-refractivity contribution is 5.87. The number of carbonyl (C=O) groups is 3. The summed E-state index contributed by atoms with van der Waals surface area (Å²) in [7, 11) is 0. The van der Waals surface area contributed by atoms with E-state index in [2.05, 4.69) is 5.32 Å². The number of aromatic carboxylic acids is 2. The van der Waals surface area contributed by atoms with Gasteiger partial charge in [-0.2, -0.15) is 0 Å². The van der Waals surface area contributed by atoms with Crippen molar-refractivity contribution in [3.05, 3.63) is 108 Å². The van der Waals surface area contributed by atoms with E-state index >= 15 is 0 Å². The fourth-order valence-corrected chi connectivity index (χ4v) is 2.43. The fourth-order valence-electron chi connectivity index (χ4n) is 2.43. The van der Waals surface area contributed by atoms with Gasteiger partial charge in [0.25, 0.3) is 0 Å². The molecule has 3 rings (SSSR count). The van der Waals surface area contributed by atoms with Crippen molar-refractivity contribution in [2.75, 3.05) is 6.54 Å². The number of nitrogens with one attached hydrogen (secondary N) is 1. The first-order chi connectivity index (χ1) is 15.3. The fraction of sp³-hybridized carbons (Fsp3) is 0.160. The van der Waals surface area contributed by atoms with Gasteiger partial charge in [-0.15, -0.1) is 0 Å². The molecule has 32 heavy (non-hydrogen) atoms. The van der Waals surface area contributed by atoms with Crippen LogP contribution in [0.25, 0.3) is 0 Å². The summed E-state index contributed by atoms with van der Waals surface area (Å²) >= 11 is 0. The molecule has 1 atom stereocenters. The van der Waals surface area contributed by atoms with Gasteiger partial charge in [0, 0.05) is 6.54 Å². The average Bonchev–Trinajstić information content (AvgIpc) is 2.82. The number of benzene rings is 3. The molecule has 0 heterocycles. The summed E-state index contributed by atoms with van der Waals surface area (Å²) in [5.74, 6) is -1.84. The summed E-state index contributed by atoms with van der Waals surface area (Å²) < 4.78 is 0. The quantitative estimate of drug-likeness (QED) is 0.468. The van der Waals surface area contributed by atoms with Gasteiger partial charge in [-0.3, -0.25) is 4.79 Å². The van der Waals surface area contributed by atoms with Crippen LogP contribution in [0.2, 0.25) is 0 Å². The summed E-state index contributed by atoms with van der Waals surface area (Å²) in [6.45, 7) is 2.51. The molecule has 0 saturated heterocycles. The van der Waals surface area contributed by atoms with Crippen molar-refractivity contribution in [2.24, 2.45) is 5.73 Å². The zero-order chi connectivity index (χ0) is 23.8. The lowest BCUT2D eigenvalue weighted by atomic mass is 10.1. The van der Waals surface area contributed by atoms with E-state index in [-0.39, 0.29) is 5.91 Å². The maximum atomic E-state index is 11.3. The van der Waals surface area contributed by atoms with Crippen molar-refractivity contribution in [2.45, 2.75) is 19.4 Å². The normalized spacial score (nSPS) is 10.3. The van der Waals surface area contributed by atoms with E-state index in [0.717, 1.165) is 5.56 Å². The Morgan fingerprint density at radius 1 is 0.750 bits per heavy atom. The van der Waals surface area contributed by atoms with Crippen LogP contribution < -0.4 is 11.1 Å². The molecule has 0 aromatic heterocycles. The van der Waals surface area contributed by atoms with Gasteiger partial charge >= 0.3 is 11.9 Å². The minimum atomic E-state index is -0.879. The molecule has 3 aromatic rings. The average molecular weight is 437 g/mol. The number of carboxylic acids is 2. The highest BCUT2D eigenvalue weighted by atomic mass is 16.4. The van der Waals surface area contributed by atoms with Crippen molar-refractivity contribution < 1.29 is 24.6 Å². The summed E-state index contributed by atoms with van der Waals surface area (Å²) in [4.78, 5) is 31.7. The first kappa shape index (κ1) is 26.1. The van der Waals surface area contributed by atoms with Crippen LogP contribution in [0.5, 0.6) is 0 Å². The standard InChI is InChI=1S/C11H16N2O.2C7H6O2/c1-2-13-11(14)10(12)8-9-6-4-3-5-7-9;2*8-7(9)6-4-2-1-3-5-6/h3-7,10H,2,8,12H2,1H3,(H,13,14);2*1-5H,(H,8,9). The Bertz CT molecular complexity index is 898. The Kier molecular flexibility index (Phi) is 12.2. The molecule has 0 aliphatic heterocycles. The molecule has 3 aromatic carbocycles. The van der Waals surface area contributed by atoms with Gasteiger partial charge in [0.15, 0.2) is 0 Å². The van der Waals surface area contributed by atoms with Crippen molar-refractivity contribution in [3.8, 4) is 0 Å². The van der Waals surface area contributed by atoms with E-state index in [1.807, 2.05) is 37.3 Å². The van der Waals surface area contributed by atoms with E-state index in [9.17, 15) is 14.4 Å². The van der Waals surface area contributed by atoms with Crippen LogP contribution >= 0.6 is 0 Å². The van der Waals surface area contributed by atoms with Crippen molar-refractivity contribution in [1.29, 1.82) is 0 Å². The molecule has 0 aliphatic carbocycles. The van der Waals surface area contributed by atoms with Gasteiger partial charge in [-0.05, 0) is 43.2 Å². The molecule has 5 N–H and O–H groups in total. The molecule has 0 fully saturated rings. The van der Waals surface area contributed by atoms with E-state index in [0.29, 0.717) is 24.1 Å². The van der Waals surface area contributed by atoms with Gasteiger partial charge in [0.1, 0.15) is 0 Å². The van der Waals surface area contributed by atoms with Crippen LogP contribution in [0.4, 0.5) is 0 Å². The molecule has 0 aliphatic rings. The van der Waals surface area contributed by atoms with E-state index in [1.165, 1.54) is 0 Å². The number of rotatable bonds is 6. The van der Waals surface area contributed by atoms with Gasteiger partial charge in [0.2, 0.25) is 5.91 Å². The number of carboxylic acid groups (broad SMARTS) is 2. The van der Waals surface area contributed by atoms with E-state index in [1.54, 1.807) is 60.7 Å². The second kappa shape index (κ2) is 14.9. The molecule has 0 radical (unpaired) electrons. The number of amides is 1. The van der Waals surface area contributed by atoms with Crippen LogP contribution in [0.15, 0.2) is 91.0 Å². The number of likely N-dealkylation sites (N-methyl/N-ethyl adjacent to an activating group) is 1. The van der Waals surface area contributed by atoms with Crippen LogP contribution in [-0.2, 0) is 11.2 Å². The first-order valence-corrected chi connectivity index (χ1v) is 9.99. The Hall–Kier alpha value is -3.97. The molecular weight excluding hydrogens is 408 g/mol. The van der Waals surface area contributed by atoms with E-state index < -0.39 is 18.0 Å². The smallest absolute Gasteiger partial charge is 0.335 e. The van der Waals surface area contributed by atoms with Gasteiger partial charge in [0.05, 0.1) is 17.2 Å². The predicted molar refractivity (Wildman–Crippen MR) is 124 cm³/mol. The summed E-state index contributed by atoms with van der Waals surface area (Å²) in [5.41, 5.74) is 7.47. The highest BCUT2D eigenvalue weighted by Crippen LogP contribution is 2.01. The van der Waals surface area contributed by atoms with Crippen LogP contribution in [0.3, 0.4) is 0 Å². The second-order valence-corrected chi connectivity index (χ2v) is 6.53. The minimum absolute atomic E-state index is 0.0867. The molecule has 0 saturated carbocycles. The van der Waals surface area contributed by atoms with Gasteiger partial charge < -0.3 is 21.3 Å². The summed E-state index contributed by atoms with van der Waals surface area (Å²) in [5, 5.41) is 19.5. The highest BCUT2D eigenvalue weighted by Gasteiger charge is 2.12. The van der Waals surface area contributed by atoms with Crippen molar-refractivity contribution in [1.82, 2.24) is 5.32 Å². The van der Waals surface area contributed by atoms with Crippen molar-refractivity contribution in [3.63, 3.8) is 0 Å². The third-order valence-corrected chi connectivity index (χ3v) is 4.03. The summed E-state index contributed by atoms with van der Waals surface area (Å²) in [6, 6.07) is 25.9. The Balaban J connectivity index is 0.000000250. The zero-order valence-electron chi connectivity index (χ0n) is 17.8. The van der Waals surface area contributed by atoms with Gasteiger partial charge in [-0.1, -0.05) is 66.7 Å². The SMILES string of the molecule is CCNC(=O)C(N)Cc1ccccc1.O=C(O)c1ccccc1.O=C(O)c1ccccc1. The lowest BCUT2D eigenvalue weighted by Crippen LogP contribution is -2.41. The molecule has 168 valence electrons. The summed E-state index contributed by atoms with van der Waals surface area (Å²) in [6.07, 6.45) is 0.590. The van der Waals surface area contributed by atoms with Crippen LogP contribution in [0, 0.1) is 0 Å². The van der Waals surface area contributed by atoms with Gasteiger partial charge in [-0.25, -0.2) is 9.59 Å². The number of nitrogens with two attached hydrogens (primary N) is 1. The number of hydrogen-bond acceptors (Lipinski definition) is 4. The Labute approximate surface area is 187 Å². The maximum Gasteiger partial charge on any atom is 0.335 e. The van der Waals surface area contributed by atoms with Crippen LogP contribution in [0.1, 0.15) is 33.2 Å². The predicted octanol–water partition coefficient (Wildman–Crippen LogP) is 3.46. The first-order valence-electron chi connectivity index (χ1n) is 9.99. The topological polar surface area (TPSA) is 130 Å². The minimum Gasteiger partial charge on any atom is -0.478 e. The molecular formula is C25H28N2O5. The number of hydrogen-bond donors (Lipinski definition) is 4. The van der Waals surface area contributed by atoms with E-state index in [4.69, 9.17) is 15.9 Å². The Morgan fingerprint density at radius 2 is 1.12 bits per heavy atom. The van der Waals surface area contributed by atoms with Crippen LogP contribution in [-0.4, -0.2) is 40.6 Å². The molecule has 7 heteroatoms. The molecule has 1 unspecified atom stereocenters. The third kappa shape index (κ3) is 10.7. The van der Waals surface area contributed by atoms with Crippen molar-refractivity contribution >= 4 is 17.8 Å². The lowest BCUT2D eigenvalue weighted by Gasteiger charge is -2.10. The lowest BCUT2D eigenvalue weighted by molar-refractivity contribution is -0.122. The largest absolute Gasteiger partial charge is 0.478 e. The molecule has 0 spiro atoms. The zero-order valence-corrected chi connectivity index (χ0v) is 17.8. The third-order valence-electron chi connectivity index (χ3n) is 4.03. The monoisotopic (exact) mass is 436 g/mol. The molecule has 0 bridgehead atoms. The molecule has 1 amide bonds. The maximum absolute atomic E-state index is 11.3. The Morgan fingerprint density at radius 3 is 1.44 bits per heavy atom.